The highest BCUT2D eigenvalue weighted by molar-refractivity contribution is 5.96. The monoisotopic (exact) mass is 434 g/mol. The Morgan fingerprint density at radius 1 is 1.00 bits per heavy atom. The van der Waals surface area contributed by atoms with Gasteiger partial charge in [0, 0.05) is 55.4 Å². The van der Waals surface area contributed by atoms with Gasteiger partial charge in [0.15, 0.2) is 0 Å². The second kappa shape index (κ2) is 8.74. The SMILES string of the molecule is COc1cccc(-n2c(C)cc(C(=O)N3CCN(c4ccccc4[N+](=O)[O-])CC3)c2C)c1. The van der Waals surface area contributed by atoms with E-state index in [4.69, 9.17) is 4.74 Å². The van der Waals surface area contributed by atoms with Crippen LogP contribution in [0.4, 0.5) is 11.4 Å². The Kier molecular flexibility index (Phi) is 5.85. The van der Waals surface area contributed by atoms with Crippen LogP contribution in [-0.4, -0.2) is 53.6 Å². The largest absolute Gasteiger partial charge is 0.497 e. The van der Waals surface area contributed by atoms with Gasteiger partial charge in [0.25, 0.3) is 11.6 Å². The molecular weight excluding hydrogens is 408 g/mol. The van der Waals surface area contributed by atoms with Crippen LogP contribution in [0.3, 0.4) is 0 Å². The first-order chi connectivity index (χ1) is 15.4. The molecule has 1 amide bonds. The average molecular weight is 434 g/mol. The highest BCUT2D eigenvalue weighted by Gasteiger charge is 2.28. The summed E-state index contributed by atoms with van der Waals surface area (Å²) in [6, 6.07) is 16.4. The number of para-hydroxylation sites is 2. The maximum absolute atomic E-state index is 13.3. The number of aryl methyl sites for hydroxylation is 1. The zero-order chi connectivity index (χ0) is 22.8. The van der Waals surface area contributed by atoms with Crippen LogP contribution in [-0.2, 0) is 0 Å². The molecule has 1 aromatic heterocycles. The summed E-state index contributed by atoms with van der Waals surface area (Å²) in [5, 5.41) is 11.4. The first-order valence-electron chi connectivity index (χ1n) is 10.5. The van der Waals surface area contributed by atoms with E-state index in [0.717, 1.165) is 22.8 Å². The van der Waals surface area contributed by atoms with E-state index in [1.165, 1.54) is 6.07 Å². The molecule has 0 saturated carbocycles. The molecule has 0 N–H and O–H groups in total. The molecule has 0 spiro atoms. The van der Waals surface area contributed by atoms with Crippen LogP contribution in [0, 0.1) is 24.0 Å². The predicted molar refractivity (Wildman–Crippen MR) is 123 cm³/mol. The molecular formula is C24H26N4O4. The minimum absolute atomic E-state index is 0.0190. The zero-order valence-electron chi connectivity index (χ0n) is 18.4. The molecule has 0 unspecified atom stereocenters. The van der Waals surface area contributed by atoms with Gasteiger partial charge >= 0.3 is 0 Å². The molecule has 1 fully saturated rings. The first kappa shape index (κ1) is 21.4. The van der Waals surface area contributed by atoms with Crippen LogP contribution in [0.15, 0.2) is 54.6 Å². The van der Waals surface area contributed by atoms with Crippen molar-refractivity contribution in [2.75, 3.05) is 38.2 Å². The van der Waals surface area contributed by atoms with Crippen molar-refractivity contribution in [1.29, 1.82) is 0 Å². The lowest BCUT2D eigenvalue weighted by atomic mass is 10.1. The number of ether oxygens (including phenoxy) is 1. The van der Waals surface area contributed by atoms with Gasteiger partial charge in [-0.25, -0.2) is 0 Å². The summed E-state index contributed by atoms with van der Waals surface area (Å²) in [6.45, 7) is 6.04. The highest BCUT2D eigenvalue weighted by atomic mass is 16.6. The van der Waals surface area contributed by atoms with Gasteiger partial charge in [-0.15, -0.1) is 0 Å². The Bertz CT molecular complexity index is 1160. The Balaban J connectivity index is 1.53. The Hall–Kier alpha value is -3.81. The summed E-state index contributed by atoms with van der Waals surface area (Å²) in [5.74, 6) is 0.739. The lowest BCUT2D eigenvalue weighted by molar-refractivity contribution is -0.384. The van der Waals surface area contributed by atoms with Gasteiger partial charge in [-0.2, -0.15) is 0 Å². The number of hydrogen-bond acceptors (Lipinski definition) is 5. The van der Waals surface area contributed by atoms with Crippen molar-refractivity contribution in [2.45, 2.75) is 13.8 Å². The molecule has 2 heterocycles. The average Bonchev–Trinajstić information content (AvgIpc) is 3.12. The van der Waals surface area contributed by atoms with Crippen LogP contribution in [0.2, 0.25) is 0 Å². The summed E-state index contributed by atoms with van der Waals surface area (Å²) in [4.78, 5) is 28.1. The number of nitro benzene ring substituents is 1. The van der Waals surface area contributed by atoms with Crippen molar-refractivity contribution >= 4 is 17.3 Å². The normalized spacial score (nSPS) is 13.8. The van der Waals surface area contributed by atoms with Crippen molar-refractivity contribution in [2.24, 2.45) is 0 Å². The van der Waals surface area contributed by atoms with E-state index in [1.54, 1.807) is 25.3 Å². The molecule has 0 bridgehead atoms. The summed E-state index contributed by atoms with van der Waals surface area (Å²) < 4.78 is 7.39. The van der Waals surface area contributed by atoms with E-state index in [0.29, 0.717) is 37.4 Å². The van der Waals surface area contributed by atoms with Crippen LogP contribution in [0.1, 0.15) is 21.7 Å². The van der Waals surface area contributed by atoms with Gasteiger partial charge in [-0.05, 0) is 38.1 Å². The number of amides is 1. The molecule has 1 aliphatic rings. The maximum Gasteiger partial charge on any atom is 0.292 e. The number of methoxy groups -OCH3 is 1. The van der Waals surface area contributed by atoms with E-state index in [2.05, 4.69) is 4.57 Å². The Labute approximate surface area is 186 Å². The third kappa shape index (κ3) is 3.91. The van der Waals surface area contributed by atoms with E-state index in [1.807, 2.05) is 54.0 Å². The van der Waals surface area contributed by atoms with Crippen molar-refractivity contribution in [3.8, 4) is 11.4 Å². The number of aromatic nitrogens is 1. The molecule has 1 aliphatic heterocycles. The number of carbonyl (C=O) groups excluding carboxylic acids is 1. The fraction of sp³-hybridized carbons (Fsp3) is 0.292. The fourth-order valence-corrected chi connectivity index (χ4v) is 4.33. The minimum Gasteiger partial charge on any atom is -0.497 e. The third-order valence-corrected chi connectivity index (χ3v) is 5.96. The summed E-state index contributed by atoms with van der Waals surface area (Å²) in [5.41, 5.74) is 4.15. The number of piperazine rings is 1. The number of nitrogens with zero attached hydrogens (tertiary/aromatic N) is 4. The number of benzene rings is 2. The van der Waals surface area contributed by atoms with Gasteiger partial charge in [0.2, 0.25) is 0 Å². The molecule has 0 atom stereocenters. The second-order valence-electron chi connectivity index (χ2n) is 7.85. The predicted octanol–water partition coefficient (Wildman–Crippen LogP) is 3.97. The van der Waals surface area contributed by atoms with E-state index in [9.17, 15) is 14.9 Å². The number of nitro groups is 1. The number of carbonyl (C=O) groups is 1. The van der Waals surface area contributed by atoms with E-state index in [-0.39, 0.29) is 16.5 Å². The quantitative estimate of drug-likeness (QED) is 0.448. The van der Waals surface area contributed by atoms with Crippen LogP contribution in [0.25, 0.3) is 5.69 Å². The molecule has 2 aromatic carbocycles. The standard InChI is InChI=1S/C24H26N4O4/c1-17-15-21(18(2)27(17)19-7-6-8-20(16-19)32-3)24(29)26-13-11-25(12-14-26)22-9-4-5-10-23(22)28(30)31/h4-10,15-16H,11-14H2,1-3H3. The molecule has 0 aliphatic carbocycles. The minimum atomic E-state index is -0.361. The van der Waals surface area contributed by atoms with E-state index < -0.39 is 0 Å². The number of anilines is 1. The summed E-state index contributed by atoms with van der Waals surface area (Å²) in [7, 11) is 1.63. The van der Waals surface area contributed by atoms with Crippen LogP contribution in [0.5, 0.6) is 5.75 Å². The fourth-order valence-electron chi connectivity index (χ4n) is 4.33. The highest BCUT2D eigenvalue weighted by Crippen LogP contribution is 2.29. The van der Waals surface area contributed by atoms with Gasteiger partial charge in [0.05, 0.1) is 17.6 Å². The zero-order valence-corrected chi connectivity index (χ0v) is 18.4. The van der Waals surface area contributed by atoms with Crippen molar-refractivity contribution in [3.63, 3.8) is 0 Å². The van der Waals surface area contributed by atoms with Crippen molar-refractivity contribution in [1.82, 2.24) is 9.47 Å². The molecule has 0 radical (unpaired) electrons. The van der Waals surface area contributed by atoms with E-state index >= 15 is 0 Å². The van der Waals surface area contributed by atoms with Gasteiger partial charge < -0.3 is 19.1 Å². The Morgan fingerprint density at radius 2 is 1.72 bits per heavy atom. The van der Waals surface area contributed by atoms with Crippen LogP contribution >= 0.6 is 0 Å². The smallest absolute Gasteiger partial charge is 0.292 e. The molecule has 4 rings (SSSR count). The van der Waals surface area contributed by atoms with Gasteiger partial charge in [0.1, 0.15) is 11.4 Å². The Morgan fingerprint density at radius 3 is 2.41 bits per heavy atom. The van der Waals surface area contributed by atoms with Gasteiger partial charge in [-0.3, -0.25) is 14.9 Å². The third-order valence-electron chi connectivity index (χ3n) is 5.96. The second-order valence-corrected chi connectivity index (χ2v) is 7.85. The molecule has 166 valence electrons. The molecule has 3 aromatic rings. The molecule has 8 nitrogen and oxygen atoms in total. The topological polar surface area (TPSA) is 80.8 Å². The van der Waals surface area contributed by atoms with Crippen LogP contribution < -0.4 is 9.64 Å². The molecule has 8 heteroatoms. The maximum atomic E-state index is 13.3. The van der Waals surface area contributed by atoms with Gasteiger partial charge in [-0.1, -0.05) is 18.2 Å². The lowest BCUT2D eigenvalue weighted by Gasteiger charge is -2.35. The summed E-state index contributed by atoms with van der Waals surface area (Å²) >= 11 is 0. The van der Waals surface area contributed by atoms with Crippen molar-refractivity contribution < 1.29 is 14.5 Å². The molecule has 1 saturated heterocycles. The number of hydrogen-bond donors (Lipinski definition) is 0. The van der Waals surface area contributed by atoms with Crippen molar-refractivity contribution in [3.05, 3.63) is 81.7 Å². The lowest BCUT2D eigenvalue weighted by Crippen LogP contribution is -2.49. The molecule has 32 heavy (non-hydrogen) atoms. The number of rotatable bonds is 5. The summed E-state index contributed by atoms with van der Waals surface area (Å²) in [6.07, 6.45) is 0. The first-order valence-corrected chi connectivity index (χ1v) is 10.5.